The summed E-state index contributed by atoms with van der Waals surface area (Å²) in [5, 5.41) is 2.15. The Balaban J connectivity index is 0.000000186. The van der Waals surface area contributed by atoms with Crippen molar-refractivity contribution >= 4 is 80.1 Å². The van der Waals surface area contributed by atoms with Crippen molar-refractivity contribution in [2.75, 3.05) is 0 Å². The largest absolute Gasteiger partial charge is 3.00 e. The molecule has 0 aromatic heterocycles. The van der Waals surface area contributed by atoms with Crippen LogP contribution in [0.4, 0.5) is 0 Å². The van der Waals surface area contributed by atoms with Crippen LogP contribution in [0.15, 0.2) is 182 Å². The van der Waals surface area contributed by atoms with Gasteiger partial charge in [-0.3, -0.25) is 0 Å². The summed E-state index contributed by atoms with van der Waals surface area (Å²) in [6.45, 7) is 0. The summed E-state index contributed by atoms with van der Waals surface area (Å²) in [5.41, 5.74) is 0. The van der Waals surface area contributed by atoms with Crippen LogP contribution in [0.1, 0.15) is 0 Å². The van der Waals surface area contributed by atoms with Crippen LogP contribution in [0, 0.1) is 0 Å². The van der Waals surface area contributed by atoms with Crippen LogP contribution in [0.5, 0.6) is 0 Å². The molecule has 6 rings (SSSR count). The molecule has 0 unspecified atom stereocenters. The predicted molar refractivity (Wildman–Crippen MR) is 185 cm³/mol. The summed E-state index contributed by atoms with van der Waals surface area (Å²) in [6.07, 6.45) is 0. The van der Waals surface area contributed by atoms with Crippen LogP contribution >= 0.6 is 22.1 Å². The van der Waals surface area contributed by atoms with Crippen molar-refractivity contribution in [2.24, 2.45) is 0 Å². The van der Waals surface area contributed by atoms with E-state index in [-0.39, 0.29) is 26.2 Å². The van der Waals surface area contributed by atoms with Crippen LogP contribution in [0.2, 0.25) is 0 Å². The summed E-state index contributed by atoms with van der Waals surface area (Å²) >= 11 is 0. The molecule has 0 atom stereocenters. The SMILES string of the molecule is O=P([O-])(c1ccccc1)c1ccccc1.O=P([O-])(c1ccccc1)c1ccccc1.O=P([O-])(c1ccccc1)c1ccccc1.[Bi+3]. The molecule has 0 aliphatic carbocycles. The van der Waals surface area contributed by atoms with Gasteiger partial charge in [-0.25, -0.2) is 0 Å². The minimum absolute atomic E-state index is 0. The number of hydrogen-bond acceptors (Lipinski definition) is 6. The molecule has 0 heterocycles. The number of rotatable bonds is 6. The van der Waals surface area contributed by atoms with E-state index < -0.39 is 22.1 Å². The van der Waals surface area contributed by atoms with E-state index in [1.165, 1.54) is 0 Å². The maximum absolute atomic E-state index is 12.1. The van der Waals surface area contributed by atoms with Crippen LogP contribution in [0.25, 0.3) is 0 Å². The third kappa shape index (κ3) is 9.89. The van der Waals surface area contributed by atoms with Crippen molar-refractivity contribution < 1.29 is 28.4 Å². The first-order chi connectivity index (χ1) is 21.6. The van der Waals surface area contributed by atoms with E-state index in [2.05, 4.69) is 0 Å². The molecule has 0 amide bonds. The first-order valence-electron chi connectivity index (χ1n) is 13.9. The molecule has 6 nitrogen and oxygen atoms in total. The first-order valence-corrected chi connectivity index (χ1v) is 18.8. The van der Waals surface area contributed by atoms with E-state index in [0.29, 0.717) is 31.8 Å². The third-order valence-corrected chi connectivity index (χ3v) is 12.4. The summed E-state index contributed by atoms with van der Waals surface area (Å²) in [7, 11) is -10.9. The van der Waals surface area contributed by atoms with E-state index in [1.54, 1.807) is 182 Å². The molecule has 0 N–H and O–H groups in total. The van der Waals surface area contributed by atoms with Gasteiger partial charge >= 0.3 is 26.2 Å². The van der Waals surface area contributed by atoms with Gasteiger partial charge in [-0.2, -0.15) is 0 Å². The summed E-state index contributed by atoms with van der Waals surface area (Å²) in [4.78, 5) is 36.2. The zero-order chi connectivity index (χ0) is 32.2. The Bertz CT molecular complexity index is 1540. The van der Waals surface area contributed by atoms with Gasteiger partial charge in [-0.1, -0.05) is 182 Å². The monoisotopic (exact) mass is 860 g/mol. The molecule has 0 fully saturated rings. The Morgan fingerprint density at radius 3 is 0.478 bits per heavy atom. The summed E-state index contributed by atoms with van der Waals surface area (Å²) in [5.74, 6) is 0. The molecular formula is C36H30BiO6P3. The average molecular weight is 861 g/mol. The summed E-state index contributed by atoms with van der Waals surface area (Å²) < 4.78 is 36.2. The Hall–Kier alpha value is -3.23. The van der Waals surface area contributed by atoms with Gasteiger partial charge in [0.25, 0.3) is 0 Å². The maximum Gasteiger partial charge on any atom is 3.00 e. The topological polar surface area (TPSA) is 120 Å². The van der Waals surface area contributed by atoms with Crippen LogP contribution in [-0.4, -0.2) is 26.2 Å². The normalized spacial score (nSPS) is 11.0. The average Bonchev–Trinajstić information content (AvgIpc) is 3.11. The van der Waals surface area contributed by atoms with E-state index in [4.69, 9.17) is 0 Å². The molecule has 0 saturated carbocycles. The summed E-state index contributed by atoms with van der Waals surface area (Å²) in [6, 6.07) is 50.8. The Kier molecular flexibility index (Phi) is 14.3. The molecule has 2 radical (unpaired) electrons. The maximum atomic E-state index is 12.1. The molecule has 0 aliphatic heterocycles. The molecule has 0 spiro atoms. The van der Waals surface area contributed by atoms with E-state index >= 15 is 0 Å². The second kappa shape index (κ2) is 17.6. The molecule has 0 aliphatic rings. The molecule has 6 aromatic rings. The van der Waals surface area contributed by atoms with E-state index in [1.807, 2.05) is 0 Å². The predicted octanol–water partition coefficient (Wildman–Crippen LogP) is 3.45. The van der Waals surface area contributed by atoms with Gasteiger partial charge < -0.3 is 28.4 Å². The van der Waals surface area contributed by atoms with Gasteiger partial charge in [0.2, 0.25) is 0 Å². The fourth-order valence-corrected chi connectivity index (χ4v) is 8.47. The van der Waals surface area contributed by atoms with Crippen molar-refractivity contribution in [3.63, 3.8) is 0 Å². The fourth-order valence-electron chi connectivity index (χ4n) is 4.19. The van der Waals surface area contributed by atoms with Crippen molar-refractivity contribution in [1.82, 2.24) is 0 Å². The molecule has 46 heavy (non-hydrogen) atoms. The number of hydrogen-bond donors (Lipinski definition) is 0. The quantitative estimate of drug-likeness (QED) is 0.187. The van der Waals surface area contributed by atoms with Crippen molar-refractivity contribution in [3.05, 3.63) is 182 Å². The van der Waals surface area contributed by atoms with E-state index in [0.717, 1.165) is 0 Å². The number of benzene rings is 6. The molecule has 230 valence electrons. The van der Waals surface area contributed by atoms with Gasteiger partial charge in [0.15, 0.2) is 0 Å². The zero-order valence-corrected chi connectivity index (χ0v) is 30.7. The Morgan fingerprint density at radius 1 is 0.261 bits per heavy atom. The molecule has 0 saturated heterocycles. The first kappa shape index (κ1) is 37.2. The van der Waals surface area contributed by atoms with Crippen molar-refractivity contribution in [1.29, 1.82) is 0 Å². The smallest absolute Gasteiger partial charge is 0.793 e. The zero-order valence-electron chi connectivity index (χ0n) is 24.6. The van der Waals surface area contributed by atoms with Gasteiger partial charge in [0, 0.05) is 31.8 Å². The molecule has 0 bridgehead atoms. The van der Waals surface area contributed by atoms with Crippen molar-refractivity contribution in [2.45, 2.75) is 0 Å². The second-order valence-corrected chi connectivity index (χ2v) is 16.1. The van der Waals surface area contributed by atoms with Crippen molar-refractivity contribution in [3.8, 4) is 0 Å². The van der Waals surface area contributed by atoms with Gasteiger partial charge in [-0.05, 0) is 0 Å². The molecule has 10 heteroatoms. The minimum atomic E-state index is -3.65. The van der Waals surface area contributed by atoms with Gasteiger partial charge in [-0.15, -0.1) is 0 Å². The minimum Gasteiger partial charge on any atom is -0.793 e. The van der Waals surface area contributed by atoms with Crippen LogP contribution < -0.4 is 46.5 Å². The van der Waals surface area contributed by atoms with Crippen LogP contribution in [-0.2, 0) is 13.7 Å². The second-order valence-electron chi connectivity index (χ2n) is 9.67. The van der Waals surface area contributed by atoms with E-state index in [9.17, 15) is 28.4 Å². The molecule has 6 aromatic carbocycles. The third-order valence-electron chi connectivity index (χ3n) is 6.58. The molecular weight excluding hydrogens is 830 g/mol. The van der Waals surface area contributed by atoms with Crippen LogP contribution in [0.3, 0.4) is 0 Å². The van der Waals surface area contributed by atoms with Gasteiger partial charge in [0.05, 0.1) is 22.1 Å². The Morgan fingerprint density at radius 2 is 0.370 bits per heavy atom. The Labute approximate surface area is 288 Å². The van der Waals surface area contributed by atoms with Gasteiger partial charge in [0.1, 0.15) is 0 Å². The fraction of sp³-hybridized carbons (Fsp3) is 0. The standard InChI is InChI=1S/3C12H11O2P.Bi/c3*13-15(14,11-7-3-1-4-8-11)12-9-5-2-6-10-12;/h3*1-10H,(H,13,14);/q;;;+3/p-3.